The normalized spacial score (nSPS) is 10.2. The molecule has 0 spiro atoms. The summed E-state index contributed by atoms with van der Waals surface area (Å²) in [5.41, 5.74) is -1.08. The second kappa shape index (κ2) is 5.16. The highest BCUT2D eigenvalue weighted by molar-refractivity contribution is 14.1. The van der Waals surface area contributed by atoms with Crippen LogP contribution >= 0.6 is 22.6 Å². The lowest BCUT2D eigenvalue weighted by molar-refractivity contribution is -0.136. The summed E-state index contributed by atoms with van der Waals surface area (Å²) in [6, 6.07) is 2.79. The first-order valence-electron chi connectivity index (χ1n) is 4.05. The number of hydrogen-bond donors (Lipinski definition) is 1. The smallest absolute Gasteiger partial charge is 0.307 e. The van der Waals surface area contributed by atoms with Crippen LogP contribution in [0.2, 0.25) is 0 Å². The fourth-order valence-electron chi connectivity index (χ4n) is 1.21. The Bertz CT molecular complexity index is 471. The van der Waals surface area contributed by atoms with E-state index in [1.165, 1.54) is 6.07 Å². The van der Waals surface area contributed by atoms with Gasteiger partial charge in [-0.3, -0.25) is 4.79 Å². The lowest BCUT2D eigenvalue weighted by atomic mass is 10.0. The molecule has 7 heteroatoms. The second-order valence-electron chi connectivity index (χ2n) is 2.85. The van der Waals surface area contributed by atoms with Crippen LogP contribution in [0.25, 0.3) is 0 Å². The Morgan fingerprint density at radius 2 is 2.31 bits per heavy atom. The molecule has 0 fully saturated rings. The fourth-order valence-corrected chi connectivity index (χ4v) is 1.83. The first kappa shape index (κ1) is 12.8. The number of aromatic nitrogens is 1. The van der Waals surface area contributed by atoms with Crippen LogP contribution in [0.3, 0.4) is 0 Å². The summed E-state index contributed by atoms with van der Waals surface area (Å²) >= 11 is 1.74. The molecular formula is C9H5F2IN2O2. The monoisotopic (exact) mass is 338 g/mol. The van der Waals surface area contributed by atoms with Crippen molar-refractivity contribution in [1.29, 1.82) is 5.26 Å². The zero-order valence-corrected chi connectivity index (χ0v) is 9.90. The summed E-state index contributed by atoms with van der Waals surface area (Å²) in [5.74, 6) is -1.23. The molecule has 0 aliphatic heterocycles. The van der Waals surface area contributed by atoms with E-state index in [0.29, 0.717) is 3.70 Å². The number of aliphatic carboxylic acids is 1. The lowest BCUT2D eigenvalue weighted by Crippen LogP contribution is -2.08. The third kappa shape index (κ3) is 2.85. The number of carboxylic acids is 1. The molecule has 16 heavy (non-hydrogen) atoms. The summed E-state index contributed by atoms with van der Waals surface area (Å²) in [4.78, 5) is 14.1. The highest BCUT2D eigenvalue weighted by Gasteiger charge is 2.21. The Balaban J connectivity index is 3.39. The third-order valence-electron chi connectivity index (χ3n) is 1.78. The number of hydrogen-bond acceptors (Lipinski definition) is 3. The summed E-state index contributed by atoms with van der Waals surface area (Å²) in [6.45, 7) is 0. The third-order valence-corrected chi connectivity index (χ3v) is 2.33. The average Bonchev–Trinajstić information content (AvgIpc) is 2.14. The van der Waals surface area contributed by atoms with Gasteiger partial charge in [0.15, 0.2) is 5.69 Å². The van der Waals surface area contributed by atoms with Gasteiger partial charge in [-0.2, -0.15) is 5.26 Å². The fraction of sp³-hybridized carbons (Fsp3) is 0.222. The van der Waals surface area contributed by atoms with Gasteiger partial charge in [-0.1, -0.05) is 0 Å². The molecule has 4 nitrogen and oxygen atoms in total. The molecule has 1 N–H and O–H groups in total. The molecule has 0 radical (unpaired) electrons. The van der Waals surface area contributed by atoms with Crippen molar-refractivity contribution in [3.8, 4) is 6.07 Å². The number of nitrogens with zero attached hydrogens (tertiary/aromatic N) is 2. The standard InChI is InChI=1S/C9H5F2IN2O2/c10-9(11)8-4(2-7(15)16)1-6(12)14-5(8)3-13/h1,9H,2H2,(H,15,16). The SMILES string of the molecule is N#Cc1nc(I)cc(CC(=O)O)c1C(F)F. The molecule has 1 aromatic rings. The molecule has 1 aromatic heterocycles. The highest BCUT2D eigenvalue weighted by atomic mass is 127. The lowest BCUT2D eigenvalue weighted by Gasteiger charge is -2.08. The maximum Gasteiger partial charge on any atom is 0.307 e. The summed E-state index contributed by atoms with van der Waals surface area (Å²) in [6.07, 6.45) is -3.46. The summed E-state index contributed by atoms with van der Waals surface area (Å²) < 4.78 is 25.7. The molecule has 1 rings (SSSR count). The van der Waals surface area contributed by atoms with E-state index in [-0.39, 0.29) is 5.56 Å². The zero-order valence-electron chi connectivity index (χ0n) is 7.75. The van der Waals surface area contributed by atoms with E-state index < -0.39 is 30.1 Å². The van der Waals surface area contributed by atoms with E-state index >= 15 is 0 Å². The van der Waals surface area contributed by atoms with Crippen molar-refractivity contribution in [3.63, 3.8) is 0 Å². The van der Waals surface area contributed by atoms with Crippen LogP contribution in [0.4, 0.5) is 8.78 Å². The molecule has 1 heterocycles. The van der Waals surface area contributed by atoms with Gasteiger partial charge >= 0.3 is 5.97 Å². The van der Waals surface area contributed by atoms with Crippen LogP contribution in [-0.4, -0.2) is 16.1 Å². The number of alkyl halides is 2. The van der Waals surface area contributed by atoms with Crippen LogP contribution in [0, 0.1) is 15.0 Å². The van der Waals surface area contributed by atoms with Crippen molar-refractivity contribution < 1.29 is 18.7 Å². The van der Waals surface area contributed by atoms with Crippen molar-refractivity contribution in [2.45, 2.75) is 12.8 Å². The van der Waals surface area contributed by atoms with Crippen molar-refractivity contribution in [2.75, 3.05) is 0 Å². The number of halogens is 3. The Labute approximate surface area is 103 Å². The molecule has 0 saturated carbocycles. The van der Waals surface area contributed by atoms with Gasteiger partial charge in [0.1, 0.15) is 9.77 Å². The van der Waals surface area contributed by atoms with Crippen molar-refractivity contribution in [1.82, 2.24) is 4.98 Å². The zero-order chi connectivity index (χ0) is 12.3. The Kier molecular flexibility index (Phi) is 4.12. The quantitative estimate of drug-likeness (QED) is 0.677. The van der Waals surface area contributed by atoms with Gasteiger partial charge in [-0.25, -0.2) is 13.8 Å². The molecule has 0 aromatic carbocycles. The van der Waals surface area contributed by atoms with E-state index in [2.05, 4.69) is 4.98 Å². The van der Waals surface area contributed by atoms with E-state index in [9.17, 15) is 13.6 Å². The molecule has 0 atom stereocenters. The maximum absolute atomic E-state index is 12.7. The molecule has 0 unspecified atom stereocenters. The van der Waals surface area contributed by atoms with E-state index in [0.717, 1.165) is 0 Å². The summed E-state index contributed by atoms with van der Waals surface area (Å²) in [7, 11) is 0. The number of rotatable bonds is 3. The van der Waals surface area contributed by atoms with Gasteiger partial charge in [0.2, 0.25) is 0 Å². The second-order valence-corrected chi connectivity index (χ2v) is 3.95. The highest BCUT2D eigenvalue weighted by Crippen LogP contribution is 2.27. The molecule has 0 amide bonds. The largest absolute Gasteiger partial charge is 0.481 e. The van der Waals surface area contributed by atoms with Gasteiger partial charge in [0, 0.05) is 0 Å². The van der Waals surface area contributed by atoms with Crippen LogP contribution in [-0.2, 0) is 11.2 Å². The van der Waals surface area contributed by atoms with Gasteiger partial charge in [-0.15, -0.1) is 0 Å². The van der Waals surface area contributed by atoms with E-state index in [1.807, 2.05) is 0 Å². The topological polar surface area (TPSA) is 74.0 Å². The van der Waals surface area contributed by atoms with Gasteiger partial charge in [0.05, 0.1) is 12.0 Å². The Morgan fingerprint density at radius 3 is 2.75 bits per heavy atom. The first-order valence-corrected chi connectivity index (χ1v) is 5.13. The molecule has 0 saturated heterocycles. The van der Waals surface area contributed by atoms with Crippen LogP contribution < -0.4 is 0 Å². The average molecular weight is 338 g/mol. The molecular weight excluding hydrogens is 333 g/mol. The van der Waals surface area contributed by atoms with Crippen molar-refractivity contribution in [3.05, 3.63) is 26.6 Å². The minimum Gasteiger partial charge on any atom is -0.481 e. The van der Waals surface area contributed by atoms with Gasteiger partial charge in [-0.05, 0) is 34.2 Å². The van der Waals surface area contributed by atoms with Gasteiger partial charge in [0.25, 0.3) is 6.43 Å². The van der Waals surface area contributed by atoms with Crippen molar-refractivity contribution >= 4 is 28.6 Å². The molecule has 0 bridgehead atoms. The number of nitriles is 1. The predicted octanol–water partition coefficient (Wildman–Crippen LogP) is 2.12. The Hall–Kier alpha value is -1.30. The van der Waals surface area contributed by atoms with E-state index in [4.69, 9.17) is 10.4 Å². The molecule has 0 aliphatic rings. The number of carboxylic acid groups (broad SMARTS) is 1. The minimum absolute atomic E-state index is 0.0709. The minimum atomic E-state index is -2.91. The van der Waals surface area contributed by atoms with Crippen LogP contribution in [0.15, 0.2) is 6.07 Å². The van der Waals surface area contributed by atoms with Crippen LogP contribution in [0.5, 0.6) is 0 Å². The predicted molar refractivity (Wildman–Crippen MR) is 58.0 cm³/mol. The molecule has 0 aliphatic carbocycles. The van der Waals surface area contributed by atoms with Crippen LogP contribution in [0.1, 0.15) is 23.2 Å². The van der Waals surface area contributed by atoms with E-state index in [1.54, 1.807) is 28.7 Å². The van der Waals surface area contributed by atoms with Gasteiger partial charge < -0.3 is 5.11 Å². The summed E-state index contributed by atoms with van der Waals surface area (Å²) in [5, 5.41) is 17.2. The maximum atomic E-state index is 12.7. The number of pyridine rings is 1. The first-order chi connectivity index (χ1) is 7.45. The molecule has 84 valence electrons. The van der Waals surface area contributed by atoms with Crippen molar-refractivity contribution in [2.24, 2.45) is 0 Å². The Morgan fingerprint density at radius 1 is 1.69 bits per heavy atom. The number of carbonyl (C=O) groups is 1.